The molecule has 3 N–H and O–H groups in total. The molecule has 0 fully saturated rings. The van der Waals surface area contributed by atoms with Crippen LogP contribution in [0.25, 0.3) is 21.8 Å². The summed E-state index contributed by atoms with van der Waals surface area (Å²) in [4.78, 5) is 26.2. The highest BCUT2D eigenvalue weighted by Gasteiger charge is 2.33. The van der Waals surface area contributed by atoms with Crippen LogP contribution in [0.4, 0.5) is 0 Å². The van der Waals surface area contributed by atoms with Crippen LogP contribution in [0.1, 0.15) is 44.2 Å². The number of nitrogens with one attached hydrogen (secondary N) is 1. The Labute approximate surface area is 156 Å². The summed E-state index contributed by atoms with van der Waals surface area (Å²) in [6.45, 7) is 3.82. The first-order valence-corrected chi connectivity index (χ1v) is 9.01. The van der Waals surface area contributed by atoms with E-state index in [1.165, 1.54) is 0 Å². The molecule has 1 heterocycles. The quantitative estimate of drug-likeness (QED) is 0.434. The Balaban J connectivity index is 2.06. The average molecular weight is 369 g/mol. The number of H-pyrrole nitrogens is 1. The summed E-state index contributed by atoms with van der Waals surface area (Å²) in [5, 5.41) is 20.2. The molecule has 0 aliphatic carbocycles. The molecule has 1 aromatic heterocycles. The summed E-state index contributed by atoms with van der Waals surface area (Å²) in [6.07, 6.45) is 0.421. The smallest absolute Gasteiger partial charge is 0.318 e. The van der Waals surface area contributed by atoms with Gasteiger partial charge in [0.2, 0.25) is 0 Å². The van der Waals surface area contributed by atoms with Crippen LogP contribution in [0.15, 0.2) is 36.4 Å². The number of fused-ring (bicyclic) bond motifs is 3. The lowest BCUT2D eigenvalue weighted by molar-refractivity contribution is -0.165. The number of benzene rings is 2. The fourth-order valence-corrected chi connectivity index (χ4v) is 3.57. The van der Waals surface area contributed by atoms with Gasteiger partial charge in [-0.2, -0.15) is 0 Å². The fourth-order valence-electron chi connectivity index (χ4n) is 3.57. The first kappa shape index (κ1) is 18.9. The van der Waals surface area contributed by atoms with Gasteiger partial charge >= 0.3 is 11.9 Å². The maximum absolute atomic E-state index is 12.0. The molecule has 27 heavy (non-hydrogen) atoms. The van der Waals surface area contributed by atoms with Gasteiger partial charge in [0.15, 0.2) is 0 Å². The summed E-state index contributed by atoms with van der Waals surface area (Å²) in [5.74, 6) is -1.94. The molecule has 0 atom stereocenters. The number of aromatic nitrogens is 1. The Morgan fingerprint density at radius 2 is 1.78 bits per heavy atom. The molecule has 0 bridgehead atoms. The normalized spacial score (nSPS) is 11.8. The topological polar surface area (TPSA) is 99.6 Å². The maximum atomic E-state index is 12.0. The SMILES string of the molecule is CCC(CC)(OC(=O)CC(=O)O)c1ccc2c(c1)[nH]c1ccc(CO)cc12. The van der Waals surface area contributed by atoms with Crippen LogP contribution in [0.2, 0.25) is 0 Å². The molecule has 0 radical (unpaired) electrons. The van der Waals surface area contributed by atoms with E-state index in [0.29, 0.717) is 12.8 Å². The number of carbonyl (C=O) groups excluding carboxylic acids is 1. The highest BCUT2D eigenvalue weighted by atomic mass is 16.6. The lowest BCUT2D eigenvalue weighted by Crippen LogP contribution is -2.32. The van der Waals surface area contributed by atoms with Crippen LogP contribution < -0.4 is 0 Å². The Morgan fingerprint density at radius 3 is 2.41 bits per heavy atom. The van der Waals surface area contributed by atoms with Gasteiger partial charge in [-0.1, -0.05) is 32.0 Å². The fraction of sp³-hybridized carbons (Fsp3) is 0.333. The van der Waals surface area contributed by atoms with E-state index in [-0.39, 0.29) is 6.61 Å². The standard InChI is InChI=1S/C21H23NO5/c1-3-21(4-2,27-20(26)11-19(24)25)14-6-7-15-16-9-13(12-23)5-8-17(16)22-18(15)10-14/h5-10,22-23H,3-4,11-12H2,1-2H3,(H,24,25). The zero-order valence-corrected chi connectivity index (χ0v) is 15.4. The van der Waals surface area contributed by atoms with Crippen LogP contribution in [-0.2, 0) is 26.5 Å². The van der Waals surface area contributed by atoms with Crippen LogP contribution in [0.5, 0.6) is 0 Å². The van der Waals surface area contributed by atoms with Crippen molar-refractivity contribution in [1.82, 2.24) is 4.98 Å². The Morgan fingerprint density at radius 1 is 1.04 bits per heavy atom. The number of carboxylic acid groups (broad SMARTS) is 1. The van der Waals surface area contributed by atoms with Crippen molar-refractivity contribution >= 4 is 33.7 Å². The molecule has 6 nitrogen and oxygen atoms in total. The first-order chi connectivity index (χ1) is 12.9. The van der Waals surface area contributed by atoms with E-state index in [0.717, 1.165) is 32.9 Å². The van der Waals surface area contributed by atoms with E-state index in [1.807, 2.05) is 50.2 Å². The van der Waals surface area contributed by atoms with Gasteiger partial charge in [0.05, 0.1) is 6.61 Å². The molecular formula is C21H23NO5. The molecule has 0 amide bonds. The van der Waals surface area contributed by atoms with Crippen molar-refractivity contribution in [3.8, 4) is 0 Å². The number of aliphatic carboxylic acids is 1. The van der Waals surface area contributed by atoms with E-state index in [4.69, 9.17) is 9.84 Å². The largest absolute Gasteiger partial charge is 0.481 e. The van der Waals surface area contributed by atoms with Crippen LogP contribution in [-0.4, -0.2) is 27.1 Å². The number of carboxylic acids is 1. The molecule has 0 saturated heterocycles. The Bertz CT molecular complexity index is 1000. The number of rotatable bonds is 7. The van der Waals surface area contributed by atoms with E-state index in [9.17, 15) is 14.7 Å². The number of aromatic amines is 1. The molecule has 0 spiro atoms. The minimum Gasteiger partial charge on any atom is -0.481 e. The monoisotopic (exact) mass is 369 g/mol. The van der Waals surface area contributed by atoms with E-state index in [2.05, 4.69) is 4.98 Å². The third-order valence-corrected chi connectivity index (χ3v) is 5.12. The Hall–Kier alpha value is -2.86. The minimum atomic E-state index is -1.20. The van der Waals surface area contributed by atoms with Gasteiger partial charge in [-0.05, 0) is 42.2 Å². The molecular weight excluding hydrogens is 346 g/mol. The molecule has 3 aromatic rings. The number of aliphatic hydroxyl groups is 1. The van der Waals surface area contributed by atoms with Crippen molar-refractivity contribution in [2.75, 3.05) is 0 Å². The van der Waals surface area contributed by atoms with Gasteiger partial charge in [-0.25, -0.2) is 0 Å². The molecule has 0 aliphatic heterocycles. The van der Waals surface area contributed by atoms with Crippen molar-refractivity contribution in [3.63, 3.8) is 0 Å². The van der Waals surface area contributed by atoms with Gasteiger partial charge in [0, 0.05) is 21.8 Å². The summed E-state index contributed by atoms with van der Waals surface area (Å²) < 4.78 is 5.63. The maximum Gasteiger partial charge on any atom is 0.318 e. The van der Waals surface area contributed by atoms with Crippen LogP contribution in [0.3, 0.4) is 0 Å². The van der Waals surface area contributed by atoms with Crippen LogP contribution >= 0.6 is 0 Å². The number of esters is 1. The molecule has 2 aromatic carbocycles. The summed E-state index contributed by atoms with van der Waals surface area (Å²) in [7, 11) is 0. The average Bonchev–Trinajstić information content (AvgIpc) is 3.02. The number of ether oxygens (including phenoxy) is 1. The van der Waals surface area contributed by atoms with E-state index < -0.39 is 24.0 Å². The van der Waals surface area contributed by atoms with Gasteiger partial charge in [0.25, 0.3) is 0 Å². The van der Waals surface area contributed by atoms with Gasteiger partial charge in [-0.3, -0.25) is 9.59 Å². The predicted molar refractivity (Wildman–Crippen MR) is 102 cm³/mol. The second-order valence-electron chi connectivity index (χ2n) is 6.67. The van der Waals surface area contributed by atoms with Gasteiger partial charge in [0.1, 0.15) is 12.0 Å². The molecule has 6 heteroatoms. The summed E-state index contributed by atoms with van der Waals surface area (Å²) >= 11 is 0. The highest BCUT2D eigenvalue weighted by Crippen LogP contribution is 2.36. The van der Waals surface area contributed by atoms with Gasteiger partial charge < -0.3 is 19.9 Å². The zero-order valence-electron chi connectivity index (χ0n) is 15.4. The third kappa shape index (κ3) is 3.53. The molecule has 3 rings (SSSR count). The van der Waals surface area contributed by atoms with Crippen molar-refractivity contribution in [3.05, 3.63) is 47.5 Å². The van der Waals surface area contributed by atoms with Crippen molar-refractivity contribution < 1.29 is 24.5 Å². The van der Waals surface area contributed by atoms with Crippen molar-refractivity contribution in [2.45, 2.75) is 45.3 Å². The predicted octanol–water partition coefficient (Wildman–Crippen LogP) is 3.85. The number of hydrogen-bond donors (Lipinski definition) is 3. The molecule has 0 unspecified atom stereocenters. The number of aliphatic hydroxyl groups excluding tert-OH is 1. The number of hydrogen-bond acceptors (Lipinski definition) is 4. The lowest BCUT2D eigenvalue weighted by atomic mass is 9.87. The zero-order chi connectivity index (χ0) is 19.6. The van der Waals surface area contributed by atoms with E-state index in [1.54, 1.807) is 0 Å². The van der Waals surface area contributed by atoms with Crippen molar-refractivity contribution in [1.29, 1.82) is 0 Å². The van der Waals surface area contributed by atoms with Gasteiger partial charge in [-0.15, -0.1) is 0 Å². The second kappa shape index (κ2) is 7.40. The Kier molecular flexibility index (Phi) is 5.19. The summed E-state index contributed by atoms with van der Waals surface area (Å²) in [6, 6.07) is 11.6. The van der Waals surface area contributed by atoms with Crippen molar-refractivity contribution in [2.24, 2.45) is 0 Å². The van der Waals surface area contributed by atoms with Crippen LogP contribution in [0, 0.1) is 0 Å². The summed E-state index contributed by atoms with van der Waals surface area (Å²) in [5.41, 5.74) is 2.66. The number of carbonyl (C=O) groups is 2. The minimum absolute atomic E-state index is 0.0188. The molecule has 0 saturated carbocycles. The second-order valence-corrected chi connectivity index (χ2v) is 6.67. The third-order valence-electron chi connectivity index (χ3n) is 5.12. The van der Waals surface area contributed by atoms with E-state index >= 15 is 0 Å². The first-order valence-electron chi connectivity index (χ1n) is 9.01. The molecule has 142 valence electrons. The highest BCUT2D eigenvalue weighted by molar-refractivity contribution is 6.07. The molecule has 0 aliphatic rings. The lowest BCUT2D eigenvalue weighted by Gasteiger charge is -2.32.